The second-order valence-electron chi connectivity index (χ2n) is 7.83. The minimum absolute atomic E-state index is 0.167. The van der Waals surface area contributed by atoms with E-state index in [0.717, 1.165) is 32.6 Å². The Balaban J connectivity index is 1.43. The highest BCUT2D eigenvalue weighted by molar-refractivity contribution is 7.09. The Morgan fingerprint density at radius 3 is 2.58 bits per heavy atom. The second-order valence-corrected chi connectivity index (χ2v) is 8.89. The van der Waals surface area contributed by atoms with Crippen molar-refractivity contribution in [3.8, 4) is 17.0 Å². The third kappa shape index (κ3) is 5.56. The molecule has 0 saturated heterocycles. The van der Waals surface area contributed by atoms with Crippen molar-refractivity contribution >= 4 is 39.6 Å². The Labute approximate surface area is 196 Å². The molecule has 4 aromatic rings. The number of aromatic nitrogens is 1. The average molecular weight is 460 g/mol. The lowest BCUT2D eigenvalue weighted by molar-refractivity contribution is -0.123. The Morgan fingerprint density at radius 2 is 1.85 bits per heavy atom. The molecular formula is C26H25N3O3S. The first kappa shape index (κ1) is 22.5. The minimum atomic E-state index is -0.247. The van der Waals surface area contributed by atoms with Gasteiger partial charge in [0.25, 0.3) is 5.91 Å². The predicted molar refractivity (Wildman–Crippen MR) is 133 cm³/mol. The van der Waals surface area contributed by atoms with E-state index >= 15 is 0 Å². The van der Waals surface area contributed by atoms with Gasteiger partial charge in [0.05, 0.1) is 22.4 Å². The summed E-state index contributed by atoms with van der Waals surface area (Å²) in [6.45, 7) is 5.15. The van der Waals surface area contributed by atoms with Crippen molar-refractivity contribution < 1.29 is 14.3 Å². The number of nitrogens with zero attached hydrogens (tertiary/aromatic N) is 1. The third-order valence-electron chi connectivity index (χ3n) is 5.21. The van der Waals surface area contributed by atoms with Crippen LogP contribution in [0.5, 0.6) is 5.75 Å². The Kier molecular flexibility index (Phi) is 6.70. The highest BCUT2D eigenvalue weighted by Crippen LogP contribution is 2.31. The molecule has 2 amide bonds. The number of benzene rings is 3. The van der Waals surface area contributed by atoms with Gasteiger partial charge in [-0.25, -0.2) is 4.98 Å². The van der Waals surface area contributed by atoms with Gasteiger partial charge in [-0.15, -0.1) is 11.3 Å². The highest BCUT2D eigenvalue weighted by Gasteiger charge is 2.14. The summed E-state index contributed by atoms with van der Waals surface area (Å²) in [6, 6.07) is 19.5. The van der Waals surface area contributed by atoms with Gasteiger partial charge in [-0.05, 0) is 54.4 Å². The van der Waals surface area contributed by atoms with Crippen LogP contribution in [0, 0.1) is 6.92 Å². The molecule has 168 valence electrons. The van der Waals surface area contributed by atoms with Crippen LogP contribution >= 0.6 is 11.3 Å². The number of hydrogen-bond acceptors (Lipinski definition) is 5. The molecule has 0 aliphatic rings. The van der Waals surface area contributed by atoms with E-state index in [4.69, 9.17) is 4.74 Å². The summed E-state index contributed by atoms with van der Waals surface area (Å²) in [5.74, 6) is -0.0427. The summed E-state index contributed by atoms with van der Waals surface area (Å²) in [4.78, 5) is 28.7. The molecule has 2 N–H and O–H groups in total. The van der Waals surface area contributed by atoms with Gasteiger partial charge in [0.2, 0.25) is 5.91 Å². The summed E-state index contributed by atoms with van der Waals surface area (Å²) in [6.07, 6.45) is 0. The lowest BCUT2D eigenvalue weighted by Crippen LogP contribution is -2.31. The maximum atomic E-state index is 12.6. The van der Waals surface area contributed by atoms with Crippen molar-refractivity contribution in [2.24, 2.45) is 0 Å². The number of aryl methyl sites for hydroxylation is 1. The monoisotopic (exact) mass is 459 g/mol. The van der Waals surface area contributed by atoms with Crippen molar-refractivity contribution in [3.63, 3.8) is 0 Å². The third-order valence-corrected chi connectivity index (χ3v) is 5.99. The maximum Gasteiger partial charge on any atom is 0.258 e. The van der Waals surface area contributed by atoms with Crippen LogP contribution in [0.15, 0.2) is 66.0 Å². The molecule has 6 nitrogen and oxygen atoms in total. The van der Waals surface area contributed by atoms with Crippen molar-refractivity contribution in [1.29, 1.82) is 0 Å². The molecule has 1 atom stereocenters. The molecule has 1 aromatic heterocycles. The van der Waals surface area contributed by atoms with Gasteiger partial charge in [0.1, 0.15) is 5.75 Å². The summed E-state index contributed by atoms with van der Waals surface area (Å²) in [5.41, 5.74) is 3.22. The zero-order valence-electron chi connectivity index (χ0n) is 18.7. The molecule has 7 heteroatoms. The smallest absolute Gasteiger partial charge is 0.258 e. The summed E-state index contributed by atoms with van der Waals surface area (Å²) < 4.78 is 5.76. The van der Waals surface area contributed by atoms with Crippen molar-refractivity contribution in [2.75, 3.05) is 11.9 Å². The Morgan fingerprint density at radius 1 is 1.06 bits per heavy atom. The number of rotatable bonds is 7. The van der Waals surface area contributed by atoms with Crippen LogP contribution in [0.1, 0.15) is 30.5 Å². The summed E-state index contributed by atoms with van der Waals surface area (Å²) in [5, 5.41) is 11.0. The van der Waals surface area contributed by atoms with Crippen LogP contribution in [-0.4, -0.2) is 23.4 Å². The number of anilines is 1. The van der Waals surface area contributed by atoms with Gasteiger partial charge in [-0.3, -0.25) is 9.59 Å². The first-order chi connectivity index (χ1) is 15.9. The highest BCUT2D eigenvalue weighted by atomic mass is 32.1. The number of amides is 2. The molecule has 0 aliphatic carbocycles. The first-order valence-electron chi connectivity index (χ1n) is 10.6. The van der Waals surface area contributed by atoms with Gasteiger partial charge in [-0.2, -0.15) is 0 Å². The van der Waals surface area contributed by atoms with Crippen molar-refractivity contribution in [3.05, 3.63) is 76.6 Å². The van der Waals surface area contributed by atoms with Gasteiger partial charge >= 0.3 is 0 Å². The van der Waals surface area contributed by atoms with E-state index in [2.05, 4.69) is 39.9 Å². The zero-order chi connectivity index (χ0) is 23.4. The number of nitrogens with one attached hydrogen (secondary N) is 2. The van der Waals surface area contributed by atoms with Crippen LogP contribution in [0.25, 0.3) is 22.0 Å². The molecule has 0 spiro atoms. The topological polar surface area (TPSA) is 80.3 Å². The number of carbonyl (C=O) groups is 2. The van der Waals surface area contributed by atoms with Gasteiger partial charge < -0.3 is 15.4 Å². The van der Waals surface area contributed by atoms with E-state index < -0.39 is 0 Å². The fourth-order valence-electron chi connectivity index (χ4n) is 3.59. The molecule has 0 aliphatic heterocycles. The first-order valence-corrected chi connectivity index (χ1v) is 11.5. The van der Waals surface area contributed by atoms with Crippen molar-refractivity contribution in [1.82, 2.24) is 10.3 Å². The zero-order valence-corrected chi connectivity index (χ0v) is 19.5. The normalized spacial score (nSPS) is 11.7. The fraction of sp³-hybridized carbons (Fsp3) is 0.192. The molecule has 3 aromatic carbocycles. The van der Waals surface area contributed by atoms with E-state index in [0.29, 0.717) is 11.4 Å². The van der Waals surface area contributed by atoms with E-state index in [1.54, 1.807) is 23.5 Å². The standard InChI is InChI=1S/C26H25N3O3S/c1-16(20-9-8-19-6-4-5-7-21(19)12-20)27-26(31)14-32-25-11-10-22(13-23(25)28-17(2)30)24-15-33-18(3)29-24/h4-13,15-16H,14H2,1-3H3,(H,27,31)(H,28,30)/t16-/m0/s1. The van der Waals surface area contributed by atoms with Crippen LogP contribution in [-0.2, 0) is 9.59 Å². The van der Waals surface area contributed by atoms with Crippen LogP contribution in [0.2, 0.25) is 0 Å². The molecule has 4 rings (SSSR count). The van der Waals surface area contributed by atoms with Crippen molar-refractivity contribution in [2.45, 2.75) is 26.8 Å². The largest absolute Gasteiger partial charge is 0.482 e. The molecule has 0 radical (unpaired) electrons. The van der Waals surface area contributed by atoms with E-state index in [9.17, 15) is 9.59 Å². The second kappa shape index (κ2) is 9.83. The quantitative estimate of drug-likeness (QED) is 0.383. The number of carbonyl (C=O) groups excluding carboxylic acids is 2. The Hall–Kier alpha value is -3.71. The lowest BCUT2D eigenvalue weighted by atomic mass is 10.0. The average Bonchev–Trinajstić information content (AvgIpc) is 3.23. The van der Waals surface area contributed by atoms with Gasteiger partial charge in [-0.1, -0.05) is 36.4 Å². The Bertz CT molecular complexity index is 1320. The SMILES string of the molecule is CC(=O)Nc1cc(-c2csc(C)n2)ccc1OCC(=O)N[C@@H](C)c1ccc2ccccc2c1. The van der Waals surface area contributed by atoms with Gasteiger partial charge in [0, 0.05) is 17.9 Å². The number of ether oxygens (including phenoxy) is 1. The summed E-state index contributed by atoms with van der Waals surface area (Å²) >= 11 is 1.56. The number of hydrogen-bond donors (Lipinski definition) is 2. The van der Waals surface area contributed by atoms with Crippen LogP contribution < -0.4 is 15.4 Å². The molecule has 33 heavy (non-hydrogen) atoms. The summed E-state index contributed by atoms with van der Waals surface area (Å²) in [7, 11) is 0. The van der Waals surface area contributed by atoms with E-state index in [1.807, 2.05) is 43.5 Å². The number of fused-ring (bicyclic) bond motifs is 1. The maximum absolute atomic E-state index is 12.6. The molecular weight excluding hydrogens is 434 g/mol. The fourth-order valence-corrected chi connectivity index (χ4v) is 4.21. The van der Waals surface area contributed by atoms with Crippen LogP contribution in [0.3, 0.4) is 0 Å². The molecule has 0 fully saturated rings. The van der Waals surface area contributed by atoms with E-state index in [1.165, 1.54) is 6.92 Å². The number of thiazole rings is 1. The van der Waals surface area contributed by atoms with Gasteiger partial charge in [0.15, 0.2) is 6.61 Å². The van der Waals surface area contributed by atoms with E-state index in [-0.39, 0.29) is 24.5 Å². The molecule has 0 saturated carbocycles. The molecule has 1 heterocycles. The predicted octanol–water partition coefficient (Wildman–Crippen LogP) is 5.49. The lowest BCUT2D eigenvalue weighted by Gasteiger charge is -2.17. The van der Waals surface area contributed by atoms with Crippen LogP contribution in [0.4, 0.5) is 5.69 Å². The molecule has 0 unspecified atom stereocenters. The minimum Gasteiger partial charge on any atom is -0.482 e. The molecule has 0 bridgehead atoms.